The van der Waals surface area contributed by atoms with Crippen molar-refractivity contribution < 1.29 is 9.47 Å². The van der Waals surface area contributed by atoms with Crippen molar-refractivity contribution in [3.05, 3.63) is 65.7 Å². The molecule has 29 heavy (non-hydrogen) atoms. The lowest BCUT2D eigenvalue weighted by Crippen LogP contribution is -2.45. The Morgan fingerprint density at radius 3 is 2.59 bits per heavy atom. The molecule has 0 aromatic heterocycles. The Morgan fingerprint density at radius 2 is 1.79 bits per heavy atom. The van der Waals surface area contributed by atoms with E-state index in [-0.39, 0.29) is 36.2 Å². The molecule has 4 rings (SSSR count). The summed E-state index contributed by atoms with van der Waals surface area (Å²) in [4.78, 5) is 4.38. The number of benzene rings is 2. The lowest BCUT2D eigenvalue weighted by Gasteiger charge is -2.32. The number of halogens is 1. The summed E-state index contributed by atoms with van der Waals surface area (Å²) in [6, 6.07) is 18.8. The number of ether oxygens (including phenoxy) is 2. The molecule has 2 heterocycles. The predicted molar refractivity (Wildman–Crippen MR) is 127 cm³/mol. The Balaban J connectivity index is 0.00000240. The zero-order chi connectivity index (χ0) is 19.2. The summed E-state index contributed by atoms with van der Waals surface area (Å²) in [5.74, 6) is 2.25. The smallest absolute Gasteiger partial charge is 0.191 e. The van der Waals surface area contributed by atoms with Crippen LogP contribution in [0.3, 0.4) is 0 Å². The largest absolute Gasteiger partial charge is 0.488 e. The summed E-state index contributed by atoms with van der Waals surface area (Å²) in [7, 11) is 1.81. The summed E-state index contributed by atoms with van der Waals surface area (Å²) >= 11 is 0. The van der Waals surface area contributed by atoms with Crippen LogP contribution in [0.5, 0.6) is 5.75 Å². The van der Waals surface area contributed by atoms with Crippen LogP contribution in [0.4, 0.5) is 0 Å². The van der Waals surface area contributed by atoms with Crippen molar-refractivity contribution in [3.63, 3.8) is 0 Å². The first-order valence-corrected chi connectivity index (χ1v) is 10.2. The van der Waals surface area contributed by atoms with Gasteiger partial charge in [0.05, 0.1) is 12.6 Å². The van der Waals surface area contributed by atoms with Gasteiger partial charge < -0.3 is 20.1 Å². The first-order chi connectivity index (χ1) is 13.8. The number of nitrogens with zero attached hydrogens (tertiary/aromatic N) is 1. The fraction of sp³-hybridized carbons (Fsp3) is 0.435. The maximum atomic E-state index is 6.10. The van der Waals surface area contributed by atoms with Crippen LogP contribution in [-0.4, -0.2) is 38.8 Å². The highest BCUT2D eigenvalue weighted by Crippen LogP contribution is 2.33. The van der Waals surface area contributed by atoms with E-state index in [1.165, 1.54) is 11.1 Å². The molecule has 3 atom stereocenters. The average molecular weight is 507 g/mol. The van der Waals surface area contributed by atoms with Gasteiger partial charge in [0, 0.05) is 32.5 Å². The highest BCUT2D eigenvalue weighted by molar-refractivity contribution is 14.0. The molecular formula is C23H30IN3O2. The molecule has 2 aromatic carbocycles. The SMILES string of the molecule is CN=C(NCC1Cc2ccccc2O1)NCC1CCCOC1c1ccccc1.I. The molecule has 1 fully saturated rings. The number of fused-ring (bicyclic) bond motifs is 1. The summed E-state index contributed by atoms with van der Waals surface area (Å²) in [5.41, 5.74) is 2.54. The standard InChI is InChI=1S/C23H29N3O2.HI/c1-24-23(26-16-20-14-18-10-5-6-12-21(18)28-20)25-15-19-11-7-13-27-22(19)17-8-3-2-4-9-17;/h2-6,8-10,12,19-20,22H,7,11,13-16H2,1H3,(H2,24,25,26);1H. The number of para-hydroxylation sites is 1. The Kier molecular flexibility index (Phi) is 8.18. The van der Waals surface area contributed by atoms with Gasteiger partial charge in [-0.25, -0.2) is 0 Å². The monoisotopic (exact) mass is 507 g/mol. The molecule has 0 radical (unpaired) electrons. The minimum atomic E-state index is 0. The Morgan fingerprint density at radius 1 is 1.03 bits per heavy atom. The van der Waals surface area contributed by atoms with Gasteiger partial charge >= 0.3 is 0 Å². The molecule has 156 valence electrons. The van der Waals surface area contributed by atoms with Crippen molar-refractivity contribution in [2.24, 2.45) is 10.9 Å². The number of hydrogen-bond acceptors (Lipinski definition) is 3. The van der Waals surface area contributed by atoms with Gasteiger partial charge in [-0.05, 0) is 30.0 Å². The van der Waals surface area contributed by atoms with Crippen molar-refractivity contribution >= 4 is 29.9 Å². The lowest BCUT2D eigenvalue weighted by molar-refractivity contribution is -0.0265. The van der Waals surface area contributed by atoms with Crippen LogP contribution in [0.2, 0.25) is 0 Å². The third kappa shape index (κ3) is 5.63. The molecule has 0 aliphatic carbocycles. The molecule has 0 spiro atoms. The van der Waals surface area contributed by atoms with Crippen molar-refractivity contribution in [1.29, 1.82) is 0 Å². The van der Waals surface area contributed by atoms with Gasteiger partial charge in [-0.3, -0.25) is 4.99 Å². The van der Waals surface area contributed by atoms with Crippen LogP contribution in [0.15, 0.2) is 59.6 Å². The summed E-state index contributed by atoms with van der Waals surface area (Å²) < 4.78 is 12.1. The molecule has 2 aliphatic heterocycles. The molecule has 5 nitrogen and oxygen atoms in total. The van der Waals surface area contributed by atoms with Crippen LogP contribution in [0.25, 0.3) is 0 Å². The molecule has 2 N–H and O–H groups in total. The third-order valence-corrected chi connectivity index (χ3v) is 5.54. The molecule has 2 aromatic rings. The lowest BCUT2D eigenvalue weighted by atomic mass is 9.89. The maximum absolute atomic E-state index is 6.10. The first-order valence-electron chi connectivity index (χ1n) is 10.2. The van der Waals surface area contributed by atoms with E-state index in [2.05, 4.69) is 58.1 Å². The van der Waals surface area contributed by atoms with Gasteiger partial charge in [0.15, 0.2) is 5.96 Å². The molecule has 1 saturated heterocycles. The fourth-order valence-corrected chi connectivity index (χ4v) is 4.09. The van der Waals surface area contributed by atoms with Crippen LogP contribution < -0.4 is 15.4 Å². The van der Waals surface area contributed by atoms with Gasteiger partial charge in [-0.2, -0.15) is 0 Å². The summed E-state index contributed by atoms with van der Waals surface area (Å²) in [6.07, 6.45) is 3.49. The van der Waals surface area contributed by atoms with E-state index in [0.29, 0.717) is 5.92 Å². The van der Waals surface area contributed by atoms with E-state index < -0.39 is 0 Å². The topological polar surface area (TPSA) is 54.9 Å². The van der Waals surface area contributed by atoms with Crippen molar-refractivity contribution in [1.82, 2.24) is 10.6 Å². The van der Waals surface area contributed by atoms with Crippen LogP contribution in [0.1, 0.15) is 30.1 Å². The Labute approximate surface area is 190 Å². The van der Waals surface area contributed by atoms with E-state index >= 15 is 0 Å². The van der Waals surface area contributed by atoms with Crippen LogP contribution >= 0.6 is 24.0 Å². The normalized spacial score (nSPS) is 23.5. The fourth-order valence-electron chi connectivity index (χ4n) is 4.09. The predicted octanol–water partition coefficient (Wildman–Crippen LogP) is 3.94. The minimum Gasteiger partial charge on any atom is -0.488 e. The van der Waals surface area contributed by atoms with Gasteiger partial charge in [-0.15, -0.1) is 24.0 Å². The number of guanidine groups is 1. The number of rotatable bonds is 5. The Bertz CT molecular complexity index is 775. The Hall–Kier alpha value is -1.80. The zero-order valence-corrected chi connectivity index (χ0v) is 19.2. The quantitative estimate of drug-likeness (QED) is 0.366. The molecule has 6 heteroatoms. The number of hydrogen-bond donors (Lipinski definition) is 2. The van der Waals surface area contributed by atoms with E-state index in [1.54, 1.807) is 0 Å². The zero-order valence-electron chi connectivity index (χ0n) is 16.8. The molecule has 3 unspecified atom stereocenters. The third-order valence-electron chi connectivity index (χ3n) is 5.54. The first kappa shape index (κ1) is 21.9. The van der Waals surface area contributed by atoms with Crippen molar-refractivity contribution in [2.45, 2.75) is 31.5 Å². The van der Waals surface area contributed by atoms with Gasteiger partial charge in [0.1, 0.15) is 11.9 Å². The molecule has 0 bridgehead atoms. The van der Waals surface area contributed by atoms with E-state index in [0.717, 1.165) is 50.7 Å². The van der Waals surface area contributed by atoms with Crippen molar-refractivity contribution in [3.8, 4) is 5.75 Å². The second-order valence-electron chi connectivity index (χ2n) is 7.49. The van der Waals surface area contributed by atoms with Crippen LogP contribution in [0, 0.1) is 5.92 Å². The molecular weight excluding hydrogens is 477 g/mol. The van der Waals surface area contributed by atoms with Gasteiger partial charge in [0.25, 0.3) is 0 Å². The van der Waals surface area contributed by atoms with Crippen molar-refractivity contribution in [2.75, 3.05) is 26.7 Å². The van der Waals surface area contributed by atoms with E-state index in [4.69, 9.17) is 9.47 Å². The maximum Gasteiger partial charge on any atom is 0.191 e. The van der Waals surface area contributed by atoms with Gasteiger partial charge in [0.2, 0.25) is 0 Å². The minimum absolute atomic E-state index is 0. The highest BCUT2D eigenvalue weighted by Gasteiger charge is 2.28. The molecule has 0 saturated carbocycles. The van der Waals surface area contributed by atoms with E-state index in [9.17, 15) is 0 Å². The highest BCUT2D eigenvalue weighted by atomic mass is 127. The average Bonchev–Trinajstić information content (AvgIpc) is 3.18. The number of nitrogens with one attached hydrogen (secondary N) is 2. The van der Waals surface area contributed by atoms with Crippen LogP contribution in [-0.2, 0) is 11.2 Å². The second kappa shape index (κ2) is 10.8. The summed E-state index contributed by atoms with van der Waals surface area (Å²) in [6.45, 7) is 2.41. The van der Waals surface area contributed by atoms with E-state index in [1.807, 2.05) is 19.2 Å². The molecule has 2 aliphatic rings. The number of aliphatic imine (C=N–C) groups is 1. The second-order valence-corrected chi connectivity index (χ2v) is 7.49. The van der Waals surface area contributed by atoms with Gasteiger partial charge in [-0.1, -0.05) is 48.5 Å². The summed E-state index contributed by atoms with van der Waals surface area (Å²) in [5, 5.41) is 6.90. The molecule has 0 amide bonds.